The van der Waals surface area contributed by atoms with Crippen molar-refractivity contribution in [3.63, 3.8) is 0 Å². The lowest BCUT2D eigenvalue weighted by Gasteiger charge is -2.54. The molecule has 4 aliphatic carbocycles. The number of phenols is 3. The number of fused-ring (bicyclic) bond motifs is 15. The summed E-state index contributed by atoms with van der Waals surface area (Å²) in [6.45, 7) is 7.72. The third-order valence-corrected chi connectivity index (χ3v) is 24.7. The lowest BCUT2D eigenvalue weighted by Crippen LogP contribution is -2.64. The molecular weight excluding hydrogens is 1600 g/mol. The van der Waals surface area contributed by atoms with Crippen LogP contribution in [0.2, 0.25) is 10.0 Å². The predicted octanol–water partition coefficient (Wildman–Crippen LogP) is 4.48. The molecule has 7 aliphatic heterocycles. The zero-order chi connectivity index (χ0) is 86.2. The van der Waals surface area contributed by atoms with Gasteiger partial charge in [0.1, 0.15) is 95.5 Å². The average molecular weight is 1710 g/mol. The summed E-state index contributed by atoms with van der Waals surface area (Å²) in [4.78, 5) is 138. The number of aliphatic hydroxyl groups is 6. The van der Waals surface area contributed by atoms with E-state index in [1.165, 1.54) is 45.2 Å². The molecule has 0 spiro atoms. The topological polar surface area (TPSA) is 525 Å². The molecule has 20 N–H and O–H groups in total. The third kappa shape index (κ3) is 19.2. The number of hydrogen-bond donors (Lipinski definition) is 19. The number of phenolic OH excluding ortho intramolecular Hbond substituents is 3. The summed E-state index contributed by atoms with van der Waals surface area (Å²) in [5.74, 6) is -14.0. The lowest BCUT2D eigenvalue weighted by atomic mass is 9.54. The number of nitrogens with one attached hydrogen (secondary N) is 9. The Kier molecular flexibility index (Phi) is 27.2. The van der Waals surface area contributed by atoms with Crippen LogP contribution in [0, 0.1) is 29.6 Å². The minimum Gasteiger partial charge on any atom is -0.508 e. The number of hydrogen-bond acceptors (Lipinski definition) is 26. The first-order chi connectivity index (χ1) is 57.1. The van der Waals surface area contributed by atoms with E-state index in [-0.39, 0.29) is 93.0 Å². The summed E-state index contributed by atoms with van der Waals surface area (Å²) in [6.07, 6.45) is -10.9. The van der Waals surface area contributed by atoms with E-state index in [1.54, 1.807) is 0 Å². The van der Waals surface area contributed by atoms with Gasteiger partial charge in [0.2, 0.25) is 65.2 Å². The highest BCUT2D eigenvalue weighted by Crippen LogP contribution is 2.55. The van der Waals surface area contributed by atoms with Crippen molar-refractivity contribution in [2.75, 3.05) is 13.7 Å². The van der Waals surface area contributed by atoms with E-state index in [0.29, 0.717) is 24.7 Å². The summed E-state index contributed by atoms with van der Waals surface area (Å²) < 4.78 is 39.0. The molecule has 7 heterocycles. The van der Waals surface area contributed by atoms with E-state index in [1.807, 2.05) is 20.8 Å². The Balaban J connectivity index is 1.01. The smallest absolute Gasteiger partial charge is 0.248 e. The number of nitrogens with two attached hydrogens (primary N) is 1. The van der Waals surface area contributed by atoms with E-state index in [4.69, 9.17) is 57.4 Å². The van der Waals surface area contributed by atoms with Crippen molar-refractivity contribution in [1.29, 1.82) is 0 Å². The van der Waals surface area contributed by atoms with Crippen molar-refractivity contribution in [2.45, 2.75) is 240 Å². The monoisotopic (exact) mass is 1710 g/mol. The van der Waals surface area contributed by atoms with Gasteiger partial charge in [0.05, 0.1) is 41.3 Å². The molecule has 5 aromatic rings. The van der Waals surface area contributed by atoms with Crippen LogP contribution in [0.25, 0.3) is 11.1 Å². The number of carbonyl (C=O) groups is 9. The van der Waals surface area contributed by atoms with Gasteiger partial charge < -0.3 is 123 Å². The van der Waals surface area contributed by atoms with Crippen molar-refractivity contribution >= 4 is 76.4 Å². The van der Waals surface area contributed by atoms with Crippen LogP contribution in [0.1, 0.15) is 183 Å². The van der Waals surface area contributed by atoms with Crippen LogP contribution in [0.4, 0.5) is 0 Å². The summed E-state index contributed by atoms with van der Waals surface area (Å²) in [7, 11) is 1.49. The zero-order valence-corrected chi connectivity index (χ0v) is 68.4. The minimum atomic E-state index is -2.38. The number of ether oxygens (including phenoxy) is 6. The van der Waals surface area contributed by atoms with Gasteiger partial charge in [-0.25, -0.2) is 0 Å². The van der Waals surface area contributed by atoms with Crippen LogP contribution in [0.3, 0.4) is 0 Å². The summed E-state index contributed by atoms with van der Waals surface area (Å²) in [5, 5.41) is 130. The number of benzene rings is 5. The number of unbranched alkanes of at least 4 members (excludes halogenated alkanes) is 4. The van der Waals surface area contributed by atoms with E-state index in [2.05, 4.69) is 47.9 Å². The van der Waals surface area contributed by atoms with Gasteiger partial charge in [0, 0.05) is 41.6 Å². The number of imide groups is 1. The summed E-state index contributed by atoms with van der Waals surface area (Å²) >= 11 is 14.5. The van der Waals surface area contributed by atoms with Gasteiger partial charge in [0.25, 0.3) is 0 Å². The molecule has 15 bridgehead atoms. The molecule has 18 atom stereocenters. The second-order valence-corrected chi connectivity index (χ2v) is 34.3. The maximum absolute atomic E-state index is 16.6. The molecule has 5 aromatic carbocycles. The Labute approximate surface area is 700 Å². The Morgan fingerprint density at radius 1 is 0.658 bits per heavy atom. The Hall–Kier alpha value is -9.53. The number of rotatable bonds is 20. The highest BCUT2D eigenvalue weighted by atomic mass is 35.5. The molecule has 0 unspecified atom stereocenters. The van der Waals surface area contributed by atoms with Crippen LogP contribution >= 0.6 is 23.2 Å². The van der Waals surface area contributed by atoms with Gasteiger partial charge in [-0.05, 0) is 178 Å². The van der Waals surface area contributed by atoms with Crippen molar-refractivity contribution in [1.82, 2.24) is 47.9 Å². The summed E-state index contributed by atoms with van der Waals surface area (Å²) in [5.41, 5.74) is 3.02. The number of likely N-dealkylation sites (N-methyl/N-ethyl adjacent to an activating group) is 1. The molecule has 9 amide bonds. The predicted molar refractivity (Wildman–Crippen MR) is 428 cm³/mol. The van der Waals surface area contributed by atoms with Gasteiger partial charge in [-0.15, -0.1) is 0 Å². The highest BCUT2D eigenvalue weighted by Gasteiger charge is 2.53. The van der Waals surface area contributed by atoms with E-state index >= 15 is 28.8 Å². The molecule has 648 valence electrons. The standard InChI is InChI=1S/C84H104Cl2N10O24/c1-7-8-9-10-11-12-59(101)90-60(102)32-51-77(109)92-65-44-28-56(116-54-17-14-40(26-48(54)85)69(103)67(81(113)89-51)95-76(108)50(88-6)19-35(2)3)73(120-83-74(72(106)71(105)58(34-97)118-83)119-61-33-84(5,87)75(107)36(4)115-61)57(29-44)117-55-18-15-41(27-49(55)86)70(104)68-82(114)94-66(80(112)91-63-42-21-37-20-38(23-42)24-43(63)22-37)47-30-45(98)31-53(100)62(47)46-25-39(13-16-52(46)99)64(78(110)96-68)93-79(65)111/h13-18,25-31,35-38,42-43,50-51,58,61,63-72,74-75,83,88,97-100,103-107H,7-12,19-24,32-34,87H2,1-6H3,(H,89,113)(H,91,112)(H,92,109)(H,93,111)(H,94,114)(H,95,108)(H,96,110)(H,90,101,102)/t36-,37?,38?,42?,43?,50+,51-,58+,61-,63?,64+,65+,66-,67+,68-,69+,70+,71+,72-,74+,75+,83-,84-/m0/s1. The fourth-order valence-corrected chi connectivity index (χ4v) is 18.5. The normalized spacial score (nSPS) is 31.2. The van der Waals surface area contributed by atoms with Crippen LogP contribution in [-0.2, 0) is 57.4 Å². The second kappa shape index (κ2) is 37.0. The van der Waals surface area contributed by atoms with Crippen LogP contribution < -0.4 is 67.8 Å². The van der Waals surface area contributed by atoms with Gasteiger partial charge in [-0.1, -0.05) is 87.9 Å². The first-order valence-electron chi connectivity index (χ1n) is 40.7. The molecule has 36 heteroatoms. The summed E-state index contributed by atoms with van der Waals surface area (Å²) in [6, 6.07) is 0.223. The van der Waals surface area contributed by atoms with Crippen molar-refractivity contribution in [2.24, 2.45) is 35.3 Å². The first-order valence-corrected chi connectivity index (χ1v) is 41.4. The van der Waals surface area contributed by atoms with Crippen molar-refractivity contribution in [3.05, 3.63) is 117 Å². The number of aromatic hydroxyl groups is 3. The molecule has 0 radical (unpaired) electrons. The molecule has 0 aromatic heterocycles. The Morgan fingerprint density at radius 2 is 1.27 bits per heavy atom. The zero-order valence-electron chi connectivity index (χ0n) is 66.9. The average Bonchev–Trinajstić information content (AvgIpc) is 0.759. The van der Waals surface area contributed by atoms with Crippen molar-refractivity contribution in [3.8, 4) is 57.1 Å². The fraction of sp³-hybridized carbons (Fsp3) is 0.536. The van der Waals surface area contributed by atoms with Gasteiger partial charge in [-0.3, -0.25) is 48.5 Å². The van der Waals surface area contributed by atoms with Gasteiger partial charge in [-0.2, -0.15) is 0 Å². The molecule has 6 fully saturated rings. The molecule has 16 rings (SSSR count). The molecule has 4 saturated carbocycles. The van der Waals surface area contributed by atoms with Crippen LogP contribution in [0.5, 0.6) is 46.0 Å². The first kappa shape index (κ1) is 88.3. The maximum Gasteiger partial charge on any atom is 0.248 e. The molecule has 11 aliphatic rings. The highest BCUT2D eigenvalue weighted by molar-refractivity contribution is 6.32. The lowest BCUT2D eigenvalue weighted by molar-refractivity contribution is -0.333. The number of halogens is 2. The largest absolute Gasteiger partial charge is 0.508 e. The van der Waals surface area contributed by atoms with E-state index < -0.39 is 221 Å². The van der Waals surface area contributed by atoms with Gasteiger partial charge in [0.15, 0.2) is 23.9 Å². The number of amides is 9. The van der Waals surface area contributed by atoms with E-state index in [0.717, 1.165) is 106 Å². The molecule has 34 nitrogen and oxygen atoms in total. The fourth-order valence-electron chi connectivity index (χ4n) is 18.1. The van der Waals surface area contributed by atoms with Crippen LogP contribution in [-0.4, -0.2) is 198 Å². The van der Waals surface area contributed by atoms with E-state index in [9.17, 15) is 60.3 Å². The Bertz CT molecular complexity index is 4700. The number of carbonyl (C=O) groups excluding carboxylic acids is 9. The van der Waals surface area contributed by atoms with Crippen LogP contribution in [0.15, 0.2) is 78.9 Å². The molecule has 120 heavy (non-hydrogen) atoms. The second-order valence-electron chi connectivity index (χ2n) is 33.5. The van der Waals surface area contributed by atoms with Crippen molar-refractivity contribution < 1.29 is 118 Å². The SMILES string of the molecule is CCCCCCCC(=O)NC(=O)C[C@@H]1NC(=O)[C@H](NC(=O)[C@@H](CC(C)C)NC)[C@H](O)c2ccc(c(Cl)c2)Oc2cc3cc(c2O[C@@H]2O[C@H](CO)[C@@H](O)[C@H](O)[C@H]2O[C@H]2C[C@](C)(N)[C@H](O)[C@H](C)O2)Oc2ccc(cc2Cl)[C@@H](O)[C@@H]2NC(=O)[C@H](NC(=O)[C@@H]3NC1=O)c1ccc(O)c(c1)-c1c(O)cc(O)cc1[C@@H](C(=O)NC1C3CC4CC(C3)CC1C4)NC2=O. The third-order valence-electron chi connectivity index (χ3n) is 24.1. The minimum absolute atomic E-state index is 0.0633. The molecular formula is C84H104Cl2N10O24. The quantitative estimate of drug-likeness (QED) is 0.0478. The number of aliphatic hydroxyl groups excluding tert-OH is 6. The maximum atomic E-state index is 16.6. The molecule has 2 saturated heterocycles. The Morgan fingerprint density at radius 3 is 1.89 bits per heavy atom. The van der Waals surface area contributed by atoms with Gasteiger partial charge >= 0.3 is 0 Å².